The Hall–Kier alpha value is -2.45. The molecule has 1 saturated heterocycles. The van der Waals surface area contributed by atoms with Crippen LogP contribution < -0.4 is 10.6 Å². The first-order valence-electron chi connectivity index (χ1n) is 9.84. The highest BCUT2D eigenvalue weighted by atomic mass is 35.5. The average Bonchev–Trinajstić information content (AvgIpc) is 3.14. The van der Waals surface area contributed by atoms with Gasteiger partial charge >= 0.3 is 6.18 Å². The zero-order valence-corrected chi connectivity index (χ0v) is 19.7. The monoisotopic (exact) mass is 512 g/mol. The zero-order valence-electron chi connectivity index (χ0n) is 18.1. The van der Waals surface area contributed by atoms with Crippen LogP contribution in [0.5, 0.6) is 0 Å². The molecule has 0 aromatic carbocycles. The first-order chi connectivity index (χ1) is 15.3. The van der Waals surface area contributed by atoms with E-state index in [-0.39, 0.29) is 37.1 Å². The molecule has 1 aromatic rings. The number of hydrogen-bond acceptors (Lipinski definition) is 6. The third kappa shape index (κ3) is 7.01. The van der Waals surface area contributed by atoms with E-state index in [1.54, 1.807) is 0 Å². The van der Waals surface area contributed by atoms with Gasteiger partial charge in [0.2, 0.25) is 10.0 Å². The Bertz CT molecular complexity index is 1060. The van der Waals surface area contributed by atoms with Crippen molar-refractivity contribution in [1.29, 1.82) is 0 Å². The van der Waals surface area contributed by atoms with Gasteiger partial charge in [0, 0.05) is 30.7 Å². The highest BCUT2D eigenvalue weighted by Gasteiger charge is 2.41. The molecule has 2 heterocycles. The summed E-state index contributed by atoms with van der Waals surface area (Å²) in [6.07, 6.45) is -2.00. The Morgan fingerprint density at radius 3 is 2.42 bits per heavy atom. The van der Waals surface area contributed by atoms with E-state index in [1.807, 2.05) is 0 Å². The van der Waals surface area contributed by atoms with Crippen LogP contribution in [0.1, 0.15) is 37.2 Å². The maximum Gasteiger partial charge on any atom is 0.433 e. The molecule has 0 saturated carbocycles. The van der Waals surface area contributed by atoms with Gasteiger partial charge in [-0.05, 0) is 26.7 Å². The number of anilines is 1. The summed E-state index contributed by atoms with van der Waals surface area (Å²) in [6, 6.07) is -0.337. The van der Waals surface area contributed by atoms with Gasteiger partial charge in [0.15, 0.2) is 5.71 Å². The van der Waals surface area contributed by atoms with Gasteiger partial charge in [-0.2, -0.15) is 18.3 Å². The van der Waals surface area contributed by atoms with Crippen LogP contribution in [-0.2, 0) is 14.8 Å². The van der Waals surface area contributed by atoms with Gasteiger partial charge in [-0.3, -0.25) is 19.7 Å². The number of aromatic amines is 1. The smallest absolute Gasteiger partial charge is 0.348 e. The number of nitrogens with one attached hydrogen (secondary N) is 3. The maximum atomic E-state index is 13.4. The van der Waals surface area contributed by atoms with Crippen molar-refractivity contribution in [3.8, 4) is 0 Å². The number of allylic oxidation sites excluding steroid dienone is 1. The average molecular weight is 513 g/mol. The number of amides is 2. The topological polar surface area (TPSA) is 137 Å². The van der Waals surface area contributed by atoms with E-state index in [9.17, 15) is 31.2 Å². The van der Waals surface area contributed by atoms with Gasteiger partial charge in [0.25, 0.3) is 11.8 Å². The molecular weight excluding hydrogens is 489 g/mol. The second-order valence-electron chi connectivity index (χ2n) is 7.25. The summed E-state index contributed by atoms with van der Waals surface area (Å²) in [5.74, 6) is -1.86. The van der Waals surface area contributed by atoms with Crippen molar-refractivity contribution >= 4 is 44.8 Å². The van der Waals surface area contributed by atoms with E-state index in [0.717, 1.165) is 19.4 Å². The normalized spacial score (nSPS) is 17.5. The van der Waals surface area contributed by atoms with Gasteiger partial charge in [0.1, 0.15) is 5.69 Å². The van der Waals surface area contributed by atoms with Crippen molar-refractivity contribution in [2.24, 2.45) is 4.99 Å². The van der Waals surface area contributed by atoms with Crippen LogP contribution in [0.2, 0.25) is 0 Å². The minimum atomic E-state index is -4.92. The van der Waals surface area contributed by atoms with Crippen molar-refractivity contribution in [1.82, 2.24) is 19.8 Å². The molecule has 0 bridgehead atoms. The SMILES string of the molecule is CCN=C(/C(C(=O)Nc1cn[nH]c1C(=O)NC1CCN(S(C)(=O)=O)CC1)=C(\C)Cl)C(F)(F)F. The summed E-state index contributed by atoms with van der Waals surface area (Å²) in [6.45, 7) is 2.74. The molecule has 15 heteroatoms. The first-order valence-corrected chi connectivity index (χ1v) is 12.1. The summed E-state index contributed by atoms with van der Waals surface area (Å²) < 4.78 is 64.7. The van der Waals surface area contributed by atoms with Gasteiger partial charge in [-0.1, -0.05) is 11.6 Å². The molecule has 2 rings (SSSR count). The molecule has 0 spiro atoms. The predicted octanol–water partition coefficient (Wildman–Crippen LogP) is 2.04. The number of sulfonamides is 1. The van der Waals surface area contributed by atoms with E-state index < -0.39 is 44.3 Å². The fraction of sp³-hybridized carbons (Fsp3) is 0.556. The summed E-state index contributed by atoms with van der Waals surface area (Å²) in [5, 5.41) is 10.6. The van der Waals surface area contributed by atoms with E-state index in [1.165, 1.54) is 11.2 Å². The number of piperidine rings is 1. The summed E-state index contributed by atoms with van der Waals surface area (Å²) in [5.41, 5.74) is -2.63. The quantitative estimate of drug-likeness (QED) is 0.379. The van der Waals surface area contributed by atoms with Crippen LogP contribution in [0.25, 0.3) is 0 Å². The fourth-order valence-electron chi connectivity index (χ4n) is 3.22. The van der Waals surface area contributed by atoms with Crippen molar-refractivity contribution in [3.63, 3.8) is 0 Å². The number of carbonyl (C=O) groups is 2. The number of halogens is 4. The Kier molecular flexibility index (Phi) is 8.65. The molecular formula is C18H24ClF3N6O4S. The predicted molar refractivity (Wildman–Crippen MR) is 117 cm³/mol. The van der Waals surface area contributed by atoms with Crippen molar-refractivity contribution in [3.05, 3.63) is 22.5 Å². The van der Waals surface area contributed by atoms with Gasteiger partial charge < -0.3 is 10.6 Å². The summed E-state index contributed by atoms with van der Waals surface area (Å²) in [7, 11) is -3.33. The Balaban J connectivity index is 2.15. The largest absolute Gasteiger partial charge is 0.433 e. The molecule has 1 aliphatic rings. The fourth-order valence-corrected chi connectivity index (χ4v) is 4.27. The molecule has 1 aliphatic heterocycles. The Labute approximate surface area is 193 Å². The third-order valence-electron chi connectivity index (χ3n) is 4.77. The molecule has 1 aromatic heterocycles. The van der Waals surface area contributed by atoms with E-state index in [0.29, 0.717) is 12.8 Å². The van der Waals surface area contributed by atoms with Crippen molar-refractivity contribution in [2.45, 2.75) is 38.9 Å². The zero-order chi connectivity index (χ0) is 25.0. The lowest BCUT2D eigenvalue weighted by Gasteiger charge is -2.30. The number of rotatable bonds is 7. The van der Waals surface area contributed by atoms with Crippen molar-refractivity contribution in [2.75, 3.05) is 31.2 Å². The highest BCUT2D eigenvalue weighted by molar-refractivity contribution is 7.88. The molecule has 3 N–H and O–H groups in total. The molecule has 0 aliphatic carbocycles. The van der Waals surface area contributed by atoms with Crippen LogP contribution in [0.15, 0.2) is 21.8 Å². The maximum absolute atomic E-state index is 13.4. The summed E-state index contributed by atoms with van der Waals surface area (Å²) >= 11 is 5.78. The number of hydrogen-bond donors (Lipinski definition) is 3. The van der Waals surface area contributed by atoms with Gasteiger partial charge in [-0.25, -0.2) is 12.7 Å². The standard InChI is InChI=1S/C18H24ClF3N6O4S/c1-4-23-15(18(20,21)22)13(10(2)19)16(29)26-12-9-24-27-14(12)17(30)25-11-5-7-28(8-6-11)33(3,31)32/h9,11H,4-8H2,1-3H3,(H,24,27)(H,25,30)(H,26,29)/b13-10-,23-15?. The lowest BCUT2D eigenvalue weighted by Crippen LogP contribution is -2.46. The number of alkyl halides is 3. The lowest BCUT2D eigenvalue weighted by molar-refractivity contribution is -0.113. The minimum Gasteiger partial charge on any atom is -0.348 e. The van der Waals surface area contributed by atoms with Gasteiger partial charge in [-0.15, -0.1) is 0 Å². The molecule has 0 unspecified atom stereocenters. The minimum absolute atomic E-state index is 0.153. The number of aliphatic imine (C=N–C) groups is 1. The second-order valence-corrected chi connectivity index (χ2v) is 9.80. The second kappa shape index (κ2) is 10.7. The molecule has 10 nitrogen and oxygen atoms in total. The van der Waals surface area contributed by atoms with E-state index >= 15 is 0 Å². The van der Waals surface area contributed by atoms with Crippen LogP contribution >= 0.6 is 11.6 Å². The van der Waals surface area contributed by atoms with Crippen LogP contribution in [0.3, 0.4) is 0 Å². The molecule has 33 heavy (non-hydrogen) atoms. The van der Waals surface area contributed by atoms with Crippen LogP contribution in [0, 0.1) is 0 Å². The van der Waals surface area contributed by atoms with E-state index in [2.05, 4.69) is 25.8 Å². The Morgan fingerprint density at radius 2 is 1.94 bits per heavy atom. The van der Waals surface area contributed by atoms with Gasteiger partial charge in [0.05, 0.1) is 23.7 Å². The van der Waals surface area contributed by atoms with Crippen LogP contribution in [0.4, 0.5) is 18.9 Å². The Morgan fingerprint density at radius 1 is 1.33 bits per heavy atom. The lowest BCUT2D eigenvalue weighted by atomic mass is 10.1. The van der Waals surface area contributed by atoms with Crippen molar-refractivity contribution < 1.29 is 31.2 Å². The number of H-pyrrole nitrogens is 1. The molecule has 2 amide bonds. The molecule has 0 radical (unpaired) electrons. The number of carbonyl (C=O) groups excluding carboxylic acids is 2. The summed E-state index contributed by atoms with van der Waals surface area (Å²) in [4.78, 5) is 28.7. The molecule has 184 valence electrons. The number of nitrogens with zero attached hydrogens (tertiary/aromatic N) is 3. The highest BCUT2D eigenvalue weighted by Crippen LogP contribution is 2.27. The molecule has 1 fully saturated rings. The van der Waals surface area contributed by atoms with E-state index in [4.69, 9.17) is 11.6 Å². The number of aromatic nitrogens is 2. The van der Waals surface area contributed by atoms with Crippen LogP contribution in [-0.4, -0.2) is 78.6 Å². The molecule has 0 atom stereocenters. The first kappa shape index (κ1) is 26.8. The third-order valence-corrected chi connectivity index (χ3v) is 6.26.